The summed E-state index contributed by atoms with van der Waals surface area (Å²) in [6.07, 6.45) is 0. The molecule has 2 aromatic carbocycles. The van der Waals surface area contributed by atoms with Crippen molar-refractivity contribution in [3.8, 4) is 5.75 Å². The Morgan fingerprint density at radius 3 is 2.31 bits per heavy atom. The van der Waals surface area contributed by atoms with Crippen molar-refractivity contribution in [3.63, 3.8) is 0 Å². The van der Waals surface area contributed by atoms with Gasteiger partial charge in [-0.25, -0.2) is 4.79 Å². The zero-order valence-corrected chi connectivity index (χ0v) is 15.8. The molecule has 2 aromatic rings. The van der Waals surface area contributed by atoms with Crippen LogP contribution in [0.2, 0.25) is 0 Å². The summed E-state index contributed by atoms with van der Waals surface area (Å²) in [4.78, 5) is 16.7. The van der Waals surface area contributed by atoms with Crippen LogP contribution in [0.1, 0.15) is 18.1 Å². The maximum absolute atomic E-state index is 12.5. The molecule has 0 atom stereocenters. The van der Waals surface area contributed by atoms with E-state index in [0.717, 1.165) is 24.5 Å². The molecule has 2 amide bonds. The number of benzene rings is 2. The van der Waals surface area contributed by atoms with Gasteiger partial charge in [-0.2, -0.15) is 0 Å². The molecule has 1 aliphatic rings. The lowest BCUT2D eigenvalue weighted by Crippen LogP contribution is -2.50. The van der Waals surface area contributed by atoms with Gasteiger partial charge in [-0.1, -0.05) is 6.07 Å². The first kappa shape index (κ1) is 18.1. The number of hydrogen-bond donors (Lipinski definition) is 1. The van der Waals surface area contributed by atoms with Gasteiger partial charge in [0.15, 0.2) is 0 Å². The SMILES string of the molecule is CCOc1ccc(N2CCN(C(=O)Nc3ccc(C)c(C)c3)CC2)cc1. The fourth-order valence-electron chi connectivity index (χ4n) is 3.11. The summed E-state index contributed by atoms with van der Waals surface area (Å²) < 4.78 is 5.49. The van der Waals surface area contributed by atoms with Crippen LogP contribution in [0.3, 0.4) is 0 Å². The molecule has 0 aromatic heterocycles. The van der Waals surface area contributed by atoms with Crippen LogP contribution in [-0.2, 0) is 0 Å². The average molecular weight is 353 g/mol. The van der Waals surface area contributed by atoms with Gasteiger partial charge in [0.05, 0.1) is 6.61 Å². The number of carbonyl (C=O) groups excluding carboxylic acids is 1. The van der Waals surface area contributed by atoms with E-state index in [0.29, 0.717) is 19.7 Å². The molecule has 5 nitrogen and oxygen atoms in total. The van der Waals surface area contributed by atoms with Crippen LogP contribution in [-0.4, -0.2) is 43.7 Å². The van der Waals surface area contributed by atoms with Crippen LogP contribution in [0.5, 0.6) is 5.75 Å². The van der Waals surface area contributed by atoms with E-state index >= 15 is 0 Å². The van der Waals surface area contributed by atoms with E-state index in [1.165, 1.54) is 16.8 Å². The molecule has 1 N–H and O–H groups in total. The highest BCUT2D eigenvalue weighted by atomic mass is 16.5. The van der Waals surface area contributed by atoms with Crippen LogP contribution >= 0.6 is 0 Å². The molecule has 0 bridgehead atoms. The van der Waals surface area contributed by atoms with Gasteiger partial charge in [-0.15, -0.1) is 0 Å². The third kappa shape index (κ3) is 4.28. The first-order valence-electron chi connectivity index (χ1n) is 9.18. The summed E-state index contributed by atoms with van der Waals surface area (Å²) in [6.45, 7) is 9.86. The molecular formula is C21H27N3O2. The van der Waals surface area contributed by atoms with E-state index in [-0.39, 0.29) is 6.03 Å². The standard InChI is InChI=1S/C21H27N3O2/c1-4-26-20-9-7-19(8-10-20)23-11-13-24(14-12-23)21(25)22-18-6-5-16(2)17(3)15-18/h5-10,15H,4,11-14H2,1-3H3,(H,22,25). The smallest absolute Gasteiger partial charge is 0.321 e. The largest absolute Gasteiger partial charge is 0.494 e. The second-order valence-electron chi connectivity index (χ2n) is 6.63. The summed E-state index contributed by atoms with van der Waals surface area (Å²) in [5.41, 5.74) is 4.44. The van der Waals surface area contributed by atoms with Gasteiger partial charge in [-0.05, 0) is 68.3 Å². The van der Waals surface area contributed by atoms with Gasteiger partial charge >= 0.3 is 6.03 Å². The summed E-state index contributed by atoms with van der Waals surface area (Å²) in [5.74, 6) is 0.891. The number of rotatable bonds is 4. The Morgan fingerprint density at radius 2 is 1.69 bits per heavy atom. The minimum Gasteiger partial charge on any atom is -0.494 e. The van der Waals surface area contributed by atoms with Crippen molar-refractivity contribution in [2.45, 2.75) is 20.8 Å². The minimum absolute atomic E-state index is 0.0282. The maximum atomic E-state index is 12.5. The van der Waals surface area contributed by atoms with Gasteiger partial charge in [0, 0.05) is 37.6 Å². The molecule has 1 fully saturated rings. The summed E-state index contributed by atoms with van der Waals surface area (Å²) >= 11 is 0. The third-order valence-corrected chi connectivity index (χ3v) is 4.84. The Kier molecular flexibility index (Phi) is 5.66. The number of nitrogens with zero attached hydrogens (tertiary/aromatic N) is 2. The van der Waals surface area contributed by atoms with Crippen molar-refractivity contribution in [1.82, 2.24) is 4.90 Å². The Labute approximate surface area is 155 Å². The molecular weight excluding hydrogens is 326 g/mol. The lowest BCUT2D eigenvalue weighted by Gasteiger charge is -2.36. The summed E-state index contributed by atoms with van der Waals surface area (Å²) in [7, 11) is 0. The van der Waals surface area contributed by atoms with E-state index in [4.69, 9.17) is 4.74 Å². The van der Waals surface area contributed by atoms with E-state index in [1.54, 1.807) is 0 Å². The van der Waals surface area contributed by atoms with E-state index in [1.807, 2.05) is 42.2 Å². The van der Waals surface area contributed by atoms with Crippen molar-refractivity contribution in [1.29, 1.82) is 0 Å². The molecule has 26 heavy (non-hydrogen) atoms. The predicted octanol–water partition coefficient (Wildman–Crippen LogP) is 4.06. The number of aryl methyl sites for hydroxylation is 2. The van der Waals surface area contributed by atoms with E-state index in [9.17, 15) is 4.79 Å². The minimum atomic E-state index is -0.0282. The van der Waals surface area contributed by atoms with Crippen molar-refractivity contribution >= 4 is 17.4 Å². The van der Waals surface area contributed by atoms with Gasteiger partial charge in [0.2, 0.25) is 0 Å². The Morgan fingerprint density at radius 1 is 1.00 bits per heavy atom. The lowest BCUT2D eigenvalue weighted by atomic mass is 10.1. The second kappa shape index (κ2) is 8.13. The number of anilines is 2. The lowest BCUT2D eigenvalue weighted by molar-refractivity contribution is 0.208. The fraction of sp³-hybridized carbons (Fsp3) is 0.381. The number of amides is 2. The van der Waals surface area contributed by atoms with Crippen LogP contribution in [0.15, 0.2) is 42.5 Å². The second-order valence-corrected chi connectivity index (χ2v) is 6.63. The fourth-order valence-corrected chi connectivity index (χ4v) is 3.11. The number of nitrogens with one attached hydrogen (secondary N) is 1. The number of urea groups is 1. The molecule has 0 aliphatic carbocycles. The zero-order valence-electron chi connectivity index (χ0n) is 15.8. The maximum Gasteiger partial charge on any atom is 0.321 e. The van der Waals surface area contributed by atoms with Crippen LogP contribution in [0.4, 0.5) is 16.2 Å². The monoisotopic (exact) mass is 353 g/mol. The molecule has 1 heterocycles. The highest BCUT2D eigenvalue weighted by Gasteiger charge is 2.21. The predicted molar refractivity (Wildman–Crippen MR) is 106 cm³/mol. The van der Waals surface area contributed by atoms with Gasteiger partial charge in [-0.3, -0.25) is 0 Å². The molecule has 1 aliphatic heterocycles. The number of ether oxygens (including phenoxy) is 1. The summed E-state index contributed by atoms with van der Waals surface area (Å²) in [5, 5.41) is 3.01. The molecule has 0 radical (unpaired) electrons. The molecule has 1 saturated heterocycles. The van der Waals surface area contributed by atoms with Gasteiger partial charge in [0.25, 0.3) is 0 Å². The zero-order chi connectivity index (χ0) is 18.5. The topological polar surface area (TPSA) is 44.8 Å². The number of carbonyl (C=O) groups is 1. The molecule has 3 rings (SSSR count). The van der Waals surface area contributed by atoms with Crippen LogP contribution in [0, 0.1) is 13.8 Å². The Balaban J connectivity index is 1.54. The highest BCUT2D eigenvalue weighted by Crippen LogP contribution is 2.21. The van der Waals surface area contributed by atoms with Crippen molar-refractivity contribution < 1.29 is 9.53 Å². The first-order valence-corrected chi connectivity index (χ1v) is 9.18. The number of piperazine rings is 1. The van der Waals surface area contributed by atoms with Crippen molar-refractivity contribution in [2.24, 2.45) is 0 Å². The van der Waals surface area contributed by atoms with E-state index in [2.05, 4.69) is 36.2 Å². The van der Waals surface area contributed by atoms with Crippen molar-refractivity contribution in [3.05, 3.63) is 53.6 Å². The molecule has 138 valence electrons. The van der Waals surface area contributed by atoms with Gasteiger partial charge in [0.1, 0.15) is 5.75 Å². The molecule has 5 heteroatoms. The van der Waals surface area contributed by atoms with Crippen LogP contribution < -0.4 is 15.0 Å². The summed E-state index contributed by atoms with van der Waals surface area (Å²) in [6, 6.07) is 14.1. The average Bonchev–Trinajstić information content (AvgIpc) is 2.66. The number of hydrogen-bond acceptors (Lipinski definition) is 3. The highest BCUT2D eigenvalue weighted by molar-refractivity contribution is 5.89. The Bertz CT molecular complexity index is 750. The third-order valence-electron chi connectivity index (χ3n) is 4.84. The van der Waals surface area contributed by atoms with Crippen LogP contribution in [0.25, 0.3) is 0 Å². The quantitative estimate of drug-likeness (QED) is 0.902. The van der Waals surface area contributed by atoms with Gasteiger partial charge < -0.3 is 19.9 Å². The van der Waals surface area contributed by atoms with E-state index < -0.39 is 0 Å². The first-order chi connectivity index (χ1) is 12.6. The van der Waals surface area contributed by atoms with Crippen molar-refractivity contribution in [2.75, 3.05) is 43.0 Å². The molecule has 0 saturated carbocycles. The normalized spacial score (nSPS) is 14.3. The molecule has 0 unspecified atom stereocenters. The Hall–Kier alpha value is -2.69. The molecule has 0 spiro atoms.